The van der Waals surface area contributed by atoms with Crippen LogP contribution < -0.4 is 16.0 Å². The van der Waals surface area contributed by atoms with Gasteiger partial charge in [-0.3, -0.25) is 9.88 Å². The van der Waals surface area contributed by atoms with Crippen LogP contribution in [-0.2, 0) is 13.0 Å². The molecule has 0 bridgehead atoms. The van der Waals surface area contributed by atoms with E-state index in [9.17, 15) is 0 Å². The van der Waals surface area contributed by atoms with E-state index in [1.54, 1.807) is 18.6 Å². The van der Waals surface area contributed by atoms with E-state index in [0.29, 0.717) is 35.7 Å². The molecule has 0 spiro atoms. The molecule has 3 aromatic heterocycles. The first kappa shape index (κ1) is 21.1. The highest BCUT2D eigenvalue weighted by atomic mass is 16.4. The third-order valence-electron chi connectivity index (χ3n) is 5.04. The van der Waals surface area contributed by atoms with Gasteiger partial charge in [-0.1, -0.05) is 6.92 Å². The molecule has 10 nitrogen and oxygen atoms in total. The highest BCUT2D eigenvalue weighted by Gasteiger charge is 2.18. The standard InChI is InChI=1S/C21H29N9O/c1-2-6-24-19-17(20-29-28-18(31-20)15-30-12-10-23-11-13-30)14-26-21(27-19)25-9-5-16-3-7-22-8-4-16/h3-4,7-8,14,23H,2,5-6,9-13,15H2,1H3,(H2,24,25,26,27). The van der Waals surface area contributed by atoms with Crippen molar-refractivity contribution in [2.75, 3.05) is 49.9 Å². The van der Waals surface area contributed by atoms with Crippen LogP contribution in [0.5, 0.6) is 0 Å². The summed E-state index contributed by atoms with van der Waals surface area (Å²) < 4.78 is 5.94. The first-order valence-electron chi connectivity index (χ1n) is 10.8. The summed E-state index contributed by atoms with van der Waals surface area (Å²) in [5.41, 5.74) is 1.93. The van der Waals surface area contributed by atoms with Crippen molar-refractivity contribution in [1.29, 1.82) is 0 Å². The molecule has 3 N–H and O–H groups in total. The Kier molecular flexibility index (Phi) is 7.35. The van der Waals surface area contributed by atoms with Gasteiger partial charge < -0.3 is 20.4 Å². The SMILES string of the molecule is CCCNc1nc(NCCc2ccncc2)ncc1-c1nnc(CN2CCNCC2)o1. The van der Waals surface area contributed by atoms with Gasteiger partial charge in [0.2, 0.25) is 11.8 Å². The van der Waals surface area contributed by atoms with Crippen LogP contribution in [0.1, 0.15) is 24.8 Å². The van der Waals surface area contributed by atoms with Crippen LogP contribution in [0.4, 0.5) is 11.8 Å². The van der Waals surface area contributed by atoms with Crippen molar-refractivity contribution >= 4 is 11.8 Å². The Morgan fingerprint density at radius 3 is 2.74 bits per heavy atom. The second-order valence-electron chi connectivity index (χ2n) is 7.44. The van der Waals surface area contributed by atoms with E-state index in [1.807, 2.05) is 12.1 Å². The topological polar surface area (TPSA) is 117 Å². The van der Waals surface area contributed by atoms with E-state index in [-0.39, 0.29) is 0 Å². The van der Waals surface area contributed by atoms with Crippen LogP contribution in [0.15, 0.2) is 35.1 Å². The van der Waals surface area contributed by atoms with Crippen LogP contribution in [0, 0.1) is 0 Å². The molecule has 0 amide bonds. The molecule has 0 aromatic carbocycles. The molecule has 1 fully saturated rings. The molecule has 3 aromatic rings. The quantitative estimate of drug-likeness (QED) is 0.446. The molecule has 0 saturated carbocycles. The van der Waals surface area contributed by atoms with Crippen LogP contribution in [0.25, 0.3) is 11.5 Å². The van der Waals surface area contributed by atoms with Crippen molar-refractivity contribution in [1.82, 2.24) is 35.4 Å². The van der Waals surface area contributed by atoms with Gasteiger partial charge in [0, 0.05) is 57.9 Å². The number of piperazine rings is 1. The Morgan fingerprint density at radius 1 is 1.10 bits per heavy atom. The Labute approximate surface area is 181 Å². The minimum atomic E-state index is 0.437. The summed E-state index contributed by atoms with van der Waals surface area (Å²) >= 11 is 0. The fourth-order valence-electron chi connectivity index (χ4n) is 3.36. The number of hydrogen-bond donors (Lipinski definition) is 3. The molecule has 4 rings (SSSR count). The van der Waals surface area contributed by atoms with Crippen LogP contribution >= 0.6 is 0 Å². The lowest BCUT2D eigenvalue weighted by Crippen LogP contribution is -2.42. The maximum Gasteiger partial charge on any atom is 0.253 e. The zero-order chi connectivity index (χ0) is 21.3. The fourth-order valence-corrected chi connectivity index (χ4v) is 3.36. The van der Waals surface area contributed by atoms with E-state index in [4.69, 9.17) is 4.42 Å². The first-order chi connectivity index (χ1) is 15.3. The third-order valence-corrected chi connectivity index (χ3v) is 5.04. The molecule has 4 heterocycles. The number of nitrogens with zero attached hydrogens (tertiary/aromatic N) is 6. The van der Waals surface area contributed by atoms with Crippen molar-refractivity contribution in [3.8, 4) is 11.5 Å². The van der Waals surface area contributed by atoms with Crippen molar-refractivity contribution < 1.29 is 4.42 Å². The molecule has 1 saturated heterocycles. The smallest absolute Gasteiger partial charge is 0.253 e. The van der Waals surface area contributed by atoms with Crippen molar-refractivity contribution in [3.05, 3.63) is 42.2 Å². The second-order valence-corrected chi connectivity index (χ2v) is 7.44. The molecular formula is C21H29N9O. The Hall–Kier alpha value is -3.11. The molecule has 164 valence electrons. The van der Waals surface area contributed by atoms with Gasteiger partial charge >= 0.3 is 0 Å². The summed E-state index contributed by atoms with van der Waals surface area (Å²) in [7, 11) is 0. The van der Waals surface area contributed by atoms with E-state index >= 15 is 0 Å². The first-order valence-corrected chi connectivity index (χ1v) is 10.8. The minimum Gasteiger partial charge on any atom is -0.419 e. The molecule has 0 aliphatic carbocycles. The van der Waals surface area contributed by atoms with E-state index in [2.05, 4.69) is 52.9 Å². The Morgan fingerprint density at radius 2 is 1.94 bits per heavy atom. The molecular weight excluding hydrogens is 394 g/mol. The molecule has 1 aliphatic heterocycles. The average Bonchev–Trinajstić information content (AvgIpc) is 3.27. The summed E-state index contributed by atoms with van der Waals surface area (Å²) in [6.07, 6.45) is 7.18. The zero-order valence-corrected chi connectivity index (χ0v) is 17.8. The highest BCUT2D eigenvalue weighted by Crippen LogP contribution is 2.26. The summed E-state index contributed by atoms with van der Waals surface area (Å²) in [4.78, 5) is 15.5. The molecule has 0 unspecified atom stereocenters. The lowest BCUT2D eigenvalue weighted by Gasteiger charge is -2.25. The maximum atomic E-state index is 5.94. The predicted octanol–water partition coefficient (Wildman–Crippen LogP) is 1.80. The van der Waals surface area contributed by atoms with E-state index in [0.717, 1.165) is 52.1 Å². The molecule has 0 radical (unpaired) electrons. The van der Waals surface area contributed by atoms with E-state index < -0.39 is 0 Å². The fraction of sp³-hybridized carbons (Fsp3) is 0.476. The van der Waals surface area contributed by atoms with Crippen molar-refractivity contribution in [3.63, 3.8) is 0 Å². The normalized spacial score (nSPS) is 14.5. The average molecular weight is 424 g/mol. The number of anilines is 2. The van der Waals surface area contributed by atoms with Gasteiger partial charge in [0.05, 0.1) is 12.1 Å². The highest BCUT2D eigenvalue weighted by molar-refractivity contribution is 5.69. The summed E-state index contributed by atoms with van der Waals surface area (Å²) in [5, 5.41) is 18.5. The number of aromatic nitrogens is 5. The van der Waals surface area contributed by atoms with Crippen molar-refractivity contribution in [2.24, 2.45) is 0 Å². The van der Waals surface area contributed by atoms with Crippen LogP contribution in [0.2, 0.25) is 0 Å². The second kappa shape index (κ2) is 10.8. The molecule has 31 heavy (non-hydrogen) atoms. The van der Waals surface area contributed by atoms with Gasteiger partial charge in [-0.05, 0) is 30.5 Å². The Bertz CT molecular complexity index is 941. The summed E-state index contributed by atoms with van der Waals surface area (Å²) in [5.74, 6) is 2.31. The van der Waals surface area contributed by atoms with Gasteiger partial charge in [-0.15, -0.1) is 10.2 Å². The maximum absolute atomic E-state index is 5.94. The van der Waals surface area contributed by atoms with Crippen LogP contribution in [-0.4, -0.2) is 69.3 Å². The monoisotopic (exact) mass is 423 g/mol. The summed E-state index contributed by atoms with van der Waals surface area (Å²) in [6.45, 7) is 8.20. The lowest BCUT2D eigenvalue weighted by atomic mass is 10.2. The van der Waals surface area contributed by atoms with Crippen LogP contribution in [0.3, 0.4) is 0 Å². The lowest BCUT2D eigenvalue weighted by molar-refractivity contribution is 0.213. The van der Waals surface area contributed by atoms with Gasteiger partial charge in [-0.2, -0.15) is 4.98 Å². The molecule has 10 heteroatoms. The summed E-state index contributed by atoms with van der Waals surface area (Å²) in [6, 6.07) is 4.01. The number of pyridine rings is 1. The number of rotatable bonds is 10. The third kappa shape index (κ3) is 5.96. The van der Waals surface area contributed by atoms with Gasteiger partial charge in [0.25, 0.3) is 5.89 Å². The van der Waals surface area contributed by atoms with Crippen molar-refractivity contribution in [2.45, 2.75) is 26.3 Å². The predicted molar refractivity (Wildman–Crippen MR) is 119 cm³/mol. The zero-order valence-electron chi connectivity index (χ0n) is 17.8. The largest absolute Gasteiger partial charge is 0.419 e. The number of hydrogen-bond acceptors (Lipinski definition) is 10. The number of nitrogens with one attached hydrogen (secondary N) is 3. The van der Waals surface area contributed by atoms with Gasteiger partial charge in [0.15, 0.2) is 0 Å². The Balaban J connectivity index is 1.43. The van der Waals surface area contributed by atoms with Gasteiger partial charge in [-0.25, -0.2) is 4.98 Å². The minimum absolute atomic E-state index is 0.437. The molecule has 1 aliphatic rings. The van der Waals surface area contributed by atoms with E-state index in [1.165, 1.54) is 5.56 Å². The van der Waals surface area contributed by atoms with Gasteiger partial charge in [0.1, 0.15) is 5.82 Å². The molecule has 0 atom stereocenters.